The molecule has 0 aliphatic carbocycles. The van der Waals surface area contributed by atoms with E-state index in [0.717, 1.165) is 10.7 Å². The number of carbonyl (C=O) groups is 1. The summed E-state index contributed by atoms with van der Waals surface area (Å²) in [6, 6.07) is 0.365. The van der Waals surface area contributed by atoms with E-state index in [0.29, 0.717) is 25.9 Å². The molecule has 1 aliphatic heterocycles. The van der Waals surface area contributed by atoms with Gasteiger partial charge in [-0.15, -0.1) is 0 Å². The van der Waals surface area contributed by atoms with E-state index in [1.54, 1.807) is 20.8 Å². The number of ether oxygens (including phenoxy) is 1. The summed E-state index contributed by atoms with van der Waals surface area (Å²) in [4.78, 5) is 17.1. The van der Waals surface area contributed by atoms with Gasteiger partial charge in [0.05, 0.1) is 11.2 Å². The zero-order valence-corrected chi connectivity index (χ0v) is 14.9. The maximum atomic E-state index is 13.2. The number of halogens is 3. The quantitative estimate of drug-likeness (QED) is 0.573. The smallest absolute Gasteiger partial charge is 0.433 e. The lowest BCUT2D eigenvalue weighted by Gasteiger charge is -2.34. The Kier molecular flexibility index (Phi) is 5.53. The Balaban J connectivity index is 2.12. The van der Waals surface area contributed by atoms with Gasteiger partial charge in [0.2, 0.25) is 0 Å². The SMILES string of the molecule is CC(C)(C)OC(=O)N1CCC(n2nc(N=C=S)cc2C(F)(F)F)CC1. The second-order valence-corrected chi connectivity index (χ2v) is 6.91. The van der Waals surface area contributed by atoms with E-state index in [-0.39, 0.29) is 5.82 Å². The second kappa shape index (κ2) is 7.13. The molecule has 2 rings (SSSR count). The summed E-state index contributed by atoms with van der Waals surface area (Å²) >= 11 is 4.42. The number of nitrogens with zero attached hydrogens (tertiary/aromatic N) is 4. The lowest BCUT2D eigenvalue weighted by molar-refractivity contribution is -0.145. The Morgan fingerprint density at radius 3 is 2.44 bits per heavy atom. The number of carbonyl (C=O) groups excluding carboxylic acids is 1. The van der Waals surface area contributed by atoms with Crippen molar-refractivity contribution < 1.29 is 22.7 Å². The first-order valence-corrected chi connectivity index (χ1v) is 8.14. The summed E-state index contributed by atoms with van der Waals surface area (Å²) < 4.78 is 45.9. The van der Waals surface area contributed by atoms with Gasteiger partial charge in [0, 0.05) is 19.2 Å². The molecule has 0 atom stereocenters. The van der Waals surface area contributed by atoms with Crippen LogP contribution >= 0.6 is 12.2 Å². The maximum absolute atomic E-state index is 13.2. The number of aliphatic imine (C=N–C) groups is 1. The third-order valence-corrected chi connectivity index (χ3v) is 3.73. The van der Waals surface area contributed by atoms with E-state index >= 15 is 0 Å². The monoisotopic (exact) mass is 376 g/mol. The number of amides is 1. The molecule has 1 aromatic heterocycles. The lowest BCUT2D eigenvalue weighted by atomic mass is 10.1. The van der Waals surface area contributed by atoms with Gasteiger partial charge in [-0.2, -0.15) is 23.3 Å². The molecule has 0 saturated carbocycles. The van der Waals surface area contributed by atoms with Crippen molar-refractivity contribution in [1.29, 1.82) is 0 Å². The number of isothiocyanates is 1. The number of aromatic nitrogens is 2. The molecule has 138 valence electrons. The highest BCUT2D eigenvalue weighted by atomic mass is 32.1. The van der Waals surface area contributed by atoms with Crippen LogP contribution in [0.3, 0.4) is 0 Å². The number of rotatable bonds is 2. The summed E-state index contributed by atoms with van der Waals surface area (Å²) in [7, 11) is 0. The average Bonchev–Trinajstić information content (AvgIpc) is 2.90. The standard InChI is InChI=1S/C15H19F3N4O2S/c1-14(2,3)24-13(23)21-6-4-10(5-7-21)22-11(15(16,17)18)8-12(20-22)19-9-25/h8,10H,4-7H2,1-3H3. The van der Waals surface area contributed by atoms with Gasteiger partial charge < -0.3 is 9.64 Å². The van der Waals surface area contributed by atoms with Gasteiger partial charge in [-0.3, -0.25) is 4.68 Å². The normalized spacial score (nSPS) is 16.5. The molecule has 0 spiro atoms. The van der Waals surface area contributed by atoms with Crippen LogP contribution in [-0.2, 0) is 10.9 Å². The highest BCUT2D eigenvalue weighted by molar-refractivity contribution is 7.78. The van der Waals surface area contributed by atoms with Crippen molar-refractivity contribution in [1.82, 2.24) is 14.7 Å². The van der Waals surface area contributed by atoms with E-state index < -0.39 is 29.6 Å². The van der Waals surface area contributed by atoms with Crippen LogP contribution in [0.5, 0.6) is 0 Å². The van der Waals surface area contributed by atoms with Crippen LogP contribution < -0.4 is 0 Å². The van der Waals surface area contributed by atoms with Crippen molar-refractivity contribution in [2.45, 2.75) is 51.4 Å². The van der Waals surface area contributed by atoms with Crippen LogP contribution in [0, 0.1) is 0 Å². The maximum Gasteiger partial charge on any atom is 0.433 e. The third kappa shape index (κ3) is 5.02. The molecule has 1 aliphatic rings. The van der Waals surface area contributed by atoms with Crippen molar-refractivity contribution in [3.05, 3.63) is 11.8 Å². The first kappa shape index (κ1) is 19.4. The minimum absolute atomic E-state index is 0.128. The third-order valence-electron chi connectivity index (χ3n) is 3.64. The van der Waals surface area contributed by atoms with Gasteiger partial charge in [0.1, 0.15) is 11.3 Å². The van der Waals surface area contributed by atoms with E-state index in [1.807, 2.05) is 5.16 Å². The molecular weight excluding hydrogens is 357 g/mol. The van der Waals surface area contributed by atoms with Gasteiger partial charge >= 0.3 is 12.3 Å². The highest BCUT2D eigenvalue weighted by Gasteiger charge is 2.39. The number of hydrogen-bond donors (Lipinski definition) is 0. The van der Waals surface area contributed by atoms with E-state index in [9.17, 15) is 18.0 Å². The zero-order valence-electron chi connectivity index (χ0n) is 14.1. The molecule has 1 fully saturated rings. The fourth-order valence-corrected chi connectivity index (χ4v) is 2.69. The molecule has 2 heterocycles. The molecule has 10 heteroatoms. The number of hydrogen-bond acceptors (Lipinski definition) is 5. The Labute approximate surface area is 148 Å². The highest BCUT2D eigenvalue weighted by Crippen LogP contribution is 2.35. The molecule has 0 unspecified atom stereocenters. The largest absolute Gasteiger partial charge is 0.444 e. The van der Waals surface area contributed by atoms with Gasteiger partial charge in [-0.1, -0.05) is 0 Å². The molecule has 6 nitrogen and oxygen atoms in total. The van der Waals surface area contributed by atoms with Gasteiger partial charge in [0.15, 0.2) is 5.82 Å². The first-order chi connectivity index (χ1) is 11.5. The molecule has 0 radical (unpaired) electrons. The Hall–Kier alpha value is -1.93. The minimum Gasteiger partial charge on any atom is -0.444 e. The lowest BCUT2D eigenvalue weighted by Crippen LogP contribution is -2.42. The molecule has 0 aromatic carbocycles. The molecule has 0 N–H and O–H groups in total. The van der Waals surface area contributed by atoms with Crippen LogP contribution in [-0.4, -0.2) is 44.6 Å². The van der Waals surface area contributed by atoms with Crippen LogP contribution in [0.15, 0.2) is 11.1 Å². The Morgan fingerprint density at radius 1 is 1.36 bits per heavy atom. The van der Waals surface area contributed by atoms with Crippen LogP contribution in [0.2, 0.25) is 0 Å². The van der Waals surface area contributed by atoms with Crippen molar-refractivity contribution in [2.24, 2.45) is 4.99 Å². The second-order valence-electron chi connectivity index (χ2n) is 6.73. The predicted molar refractivity (Wildman–Crippen MR) is 88.0 cm³/mol. The van der Waals surface area contributed by atoms with Crippen molar-refractivity contribution in [2.75, 3.05) is 13.1 Å². The van der Waals surface area contributed by atoms with Gasteiger partial charge in [-0.25, -0.2) is 4.79 Å². The topological polar surface area (TPSA) is 59.7 Å². The predicted octanol–water partition coefficient (Wildman–Crippen LogP) is 4.21. The summed E-state index contributed by atoms with van der Waals surface area (Å²) in [6.07, 6.45) is -4.34. The molecule has 1 saturated heterocycles. The Bertz CT molecular complexity index is 682. The fourth-order valence-electron chi connectivity index (χ4n) is 2.59. The van der Waals surface area contributed by atoms with Crippen molar-refractivity contribution in [3.63, 3.8) is 0 Å². The Morgan fingerprint density at radius 2 is 1.96 bits per heavy atom. The van der Waals surface area contributed by atoms with Gasteiger partial charge in [-0.05, 0) is 45.8 Å². The molecule has 0 bridgehead atoms. The number of likely N-dealkylation sites (tertiary alicyclic amines) is 1. The average molecular weight is 376 g/mol. The number of thiocarbonyl (C=S) groups is 1. The van der Waals surface area contributed by atoms with E-state index in [2.05, 4.69) is 22.3 Å². The van der Waals surface area contributed by atoms with Crippen molar-refractivity contribution >= 4 is 29.3 Å². The molecule has 25 heavy (non-hydrogen) atoms. The van der Waals surface area contributed by atoms with E-state index in [4.69, 9.17) is 4.74 Å². The first-order valence-electron chi connectivity index (χ1n) is 7.74. The van der Waals surface area contributed by atoms with E-state index in [1.165, 1.54) is 4.90 Å². The summed E-state index contributed by atoms with van der Waals surface area (Å²) in [5.74, 6) is -0.128. The summed E-state index contributed by atoms with van der Waals surface area (Å²) in [5, 5.41) is 5.90. The zero-order chi connectivity index (χ0) is 18.8. The van der Waals surface area contributed by atoms with Crippen LogP contribution in [0.25, 0.3) is 0 Å². The van der Waals surface area contributed by atoms with Crippen LogP contribution in [0.1, 0.15) is 45.3 Å². The van der Waals surface area contributed by atoms with Crippen LogP contribution in [0.4, 0.5) is 23.8 Å². The summed E-state index contributed by atoms with van der Waals surface area (Å²) in [6.45, 7) is 5.87. The molecule has 1 amide bonds. The fraction of sp³-hybridized carbons (Fsp3) is 0.667. The van der Waals surface area contributed by atoms with Gasteiger partial charge in [0.25, 0.3) is 0 Å². The number of alkyl halides is 3. The summed E-state index contributed by atoms with van der Waals surface area (Å²) in [5.41, 5.74) is -1.50. The van der Waals surface area contributed by atoms with Crippen molar-refractivity contribution in [3.8, 4) is 0 Å². The number of piperidine rings is 1. The molecule has 1 aromatic rings. The minimum atomic E-state index is -4.55. The molecular formula is C15H19F3N4O2S.